The number of hydrogen-bond acceptors (Lipinski definition) is 6. The molecule has 8 nitrogen and oxygen atoms in total. The van der Waals surface area contributed by atoms with Gasteiger partial charge in [0.1, 0.15) is 0 Å². The quantitative estimate of drug-likeness (QED) is 0.662. The average molecular weight is 385 g/mol. The van der Waals surface area contributed by atoms with E-state index < -0.39 is 0 Å². The lowest BCUT2D eigenvalue weighted by Gasteiger charge is -2.31. The number of piperidine rings is 1. The molecule has 1 atom stereocenters. The molecular formula is C17H25ClN4O4. The Morgan fingerprint density at radius 1 is 1.27 bits per heavy atom. The molecule has 2 aliphatic rings. The zero-order valence-corrected chi connectivity index (χ0v) is 15.3. The van der Waals surface area contributed by atoms with E-state index in [0.29, 0.717) is 36.8 Å². The van der Waals surface area contributed by atoms with Crippen LogP contribution in [0.3, 0.4) is 0 Å². The molecule has 0 aromatic heterocycles. The van der Waals surface area contributed by atoms with E-state index in [2.05, 4.69) is 10.6 Å². The number of carbonyl (C=O) groups excluding carboxylic acids is 2. The molecule has 0 spiro atoms. The Morgan fingerprint density at radius 2 is 2.08 bits per heavy atom. The second kappa shape index (κ2) is 9.61. The van der Waals surface area contributed by atoms with Crippen LogP contribution >= 0.6 is 12.4 Å². The van der Waals surface area contributed by atoms with Crippen molar-refractivity contribution in [1.82, 2.24) is 10.2 Å². The normalized spacial score (nSPS) is 18.7. The van der Waals surface area contributed by atoms with Crippen molar-refractivity contribution in [3.63, 3.8) is 0 Å². The number of anilines is 1. The fourth-order valence-corrected chi connectivity index (χ4v) is 3.13. The summed E-state index contributed by atoms with van der Waals surface area (Å²) in [5.41, 5.74) is 6.08. The predicted molar refractivity (Wildman–Crippen MR) is 99.7 cm³/mol. The van der Waals surface area contributed by atoms with Gasteiger partial charge in [-0.25, -0.2) is 0 Å². The molecule has 1 saturated heterocycles. The van der Waals surface area contributed by atoms with Crippen molar-refractivity contribution in [1.29, 1.82) is 0 Å². The largest absolute Gasteiger partial charge is 0.454 e. The topological polar surface area (TPSA) is 106 Å². The van der Waals surface area contributed by atoms with Gasteiger partial charge in [0, 0.05) is 31.4 Å². The molecule has 2 heterocycles. The molecule has 1 aromatic carbocycles. The fraction of sp³-hybridized carbons (Fsp3) is 0.529. The first-order chi connectivity index (χ1) is 12.2. The van der Waals surface area contributed by atoms with Crippen LogP contribution in [0.15, 0.2) is 18.2 Å². The maximum Gasteiger partial charge on any atom is 0.238 e. The molecule has 144 valence electrons. The first kappa shape index (κ1) is 20.3. The molecule has 1 unspecified atom stereocenters. The molecular weight excluding hydrogens is 360 g/mol. The molecule has 0 saturated carbocycles. The summed E-state index contributed by atoms with van der Waals surface area (Å²) in [6, 6.07) is 5.31. The van der Waals surface area contributed by atoms with E-state index in [9.17, 15) is 9.59 Å². The van der Waals surface area contributed by atoms with Crippen LogP contribution in [0.25, 0.3) is 0 Å². The Labute approximate surface area is 158 Å². The number of likely N-dealkylation sites (tertiary alicyclic amines) is 1. The van der Waals surface area contributed by atoms with E-state index in [1.807, 2.05) is 4.90 Å². The van der Waals surface area contributed by atoms with Gasteiger partial charge in [0.2, 0.25) is 18.6 Å². The van der Waals surface area contributed by atoms with Crippen molar-refractivity contribution in [2.75, 3.05) is 44.8 Å². The van der Waals surface area contributed by atoms with E-state index in [1.54, 1.807) is 18.2 Å². The molecule has 4 N–H and O–H groups in total. The highest BCUT2D eigenvalue weighted by molar-refractivity contribution is 5.92. The first-order valence-corrected chi connectivity index (χ1v) is 8.55. The minimum Gasteiger partial charge on any atom is -0.454 e. The number of amides is 2. The van der Waals surface area contributed by atoms with Gasteiger partial charge >= 0.3 is 0 Å². The van der Waals surface area contributed by atoms with Crippen molar-refractivity contribution >= 4 is 29.9 Å². The molecule has 0 aliphatic carbocycles. The van der Waals surface area contributed by atoms with Gasteiger partial charge in [-0.05, 0) is 31.5 Å². The van der Waals surface area contributed by atoms with E-state index in [1.165, 1.54) is 0 Å². The molecule has 0 radical (unpaired) electrons. The summed E-state index contributed by atoms with van der Waals surface area (Å²) in [4.78, 5) is 26.4. The summed E-state index contributed by atoms with van der Waals surface area (Å²) in [5, 5.41) is 5.69. The minimum atomic E-state index is -0.109. The van der Waals surface area contributed by atoms with Gasteiger partial charge in [-0.2, -0.15) is 0 Å². The third-order valence-corrected chi connectivity index (χ3v) is 4.34. The maximum atomic E-state index is 12.3. The number of halogens is 1. The van der Waals surface area contributed by atoms with Crippen LogP contribution in [0.4, 0.5) is 5.69 Å². The number of benzene rings is 1. The van der Waals surface area contributed by atoms with Gasteiger partial charge < -0.3 is 25.8 Å². The molecule has 9 heteroatoms. The second-order valence-electron chi connectivity index (χ2n) is 6.27. The number of nitrogens with zero attached hydrogens (tertiary/aromatic N) is 1. The molecule has 0 bridgehead atoms. The number of ether oxygens (including phenoxy) is 2. The van der Waals surface area contributed by atoms with E-state index in [4.69, 9.17) is 15.2 Å². The average Bonchev–Trinajstić information content (AvgIpc) is 3.07. The Bertz CT molecular complexity index is 643. The molecule has 3 rings (SSSR count). The summed E-state index contributed by atoms with van der Waals surface area (Å²) in [5.74, 6) is 1.14. The summed E-state index contributed by atoms with van der Waals surface area (Å²) in [6.45, 7) is 2.78. The SMILES string of the molecule is Cl.NCCNC(=O)C1CCCN(CC(=O)Nc2ccc3c(c2)OCO3)C1. The zero-order valence-electron chi connectivity index (χ0n) is 14.5. The summed E-state index contributed by atoms with van der Waals surface area (Å²) in [7, 11) is 0. The Kier molecular flexibility index (Phi) is 7.50. The number of fused-ring (bicyclic) bond motifs is 1. The third kappa shape index (κ3) is 5.23. The lowest BCUT2D eigenvalue weighted by Crippen LogP contribution is -2.46. The fourth-order valence-electron chi connectivity index (χ4n) is 3.13. The molecule has 26 heavy (non-hydrogen) atoms. The standard InChI is InChI=1S/C17H24N4O4.ClH/c18-5-6-19-17(23)12-2-1-7-21(9-12)10-16(22)20-13-3-4-14-15(8-13)25-11-24-14;/h3-4,8,12H,1-2,5-7,9-11,18H2,(H,19,23)(H,20,22);1H. The Morgan fingerprint density at radius 3 is 2.88 bits per heavy atom. The van der Waals surface area contributed by atoms with Crippen LogP contribution in [-0.2, 0) is 9.59 Å². The van der Waals surface area contributed by atoms with E-state index >= 15 is 0 Å². The number of nitrogens with one attached hydrogen (secondary N) is 2. The predicted octanol–water partition coefficient (Wildman–Crippen LogP) is 0.562. The first-order valence-electron chi connectivity index (χ1n) is 8.55. The van der Waals surface area contributed by atoms with Gasteiger partial charge in [-0.15, -0.1) is 12.4 Å². The van der Waals surface area contributed by atoms with E-state index in [0.717, 1.165) is 19.4 Å². The Hall–Kier alpha value is -2.03. The van der Waals surface area contributed by atoms with Crippen LogP contribution < -0.4 is 25.8 Å². The highest BCUT2D eigenvalue weighted by Crippen LogP contribution is 2.34. The number of nitrogens with two attached hydrogens (primary N) is 1. The third-order valence-electron chi connectivity index (χ3n) is 4.34. The van der Waals surface area contributed by atoms with Crippen molar-refractivity contribution < 1.29 is 19.1 Å². The smallest absolute Gasteiger partial charge is 0.238 e. The van der Waals surface area contributed by atoms with Crippen LogP contribution in [0.1, 0.15) is 12.8 Å². The summed E-state index contributed by atoms with van der Waals surface area (Å²) < 4.78 is 10.6. The number of carbonyl (C=O) groups is 2. The number of hydrogen-bond donors (Lipinski definition) is 3. The van der Waals surface area contributed by atoms with Crippen LogP contribution in [-0.4, -0.2) is 56.2 Å². The lowest BCUT2D eigenvalue weighted by atomic mass is 9.97. The molecule has 2 aliphatic heterocycles. The minimum absolute atomic E-state index is 0. The van der Waals surface area contributed by atoms with Crippen LogP contribution in [0, 0.1) is 5.92 Å². The van der Waals surface area contributed by atoms with Crippen molar-refractivity contribution in [3.05, 3.63) is 18.2 Å². The van der Waals surface area contributed by atoms with Crippen LogP contribution in [0.2, 0.25) is 0 Å². The highest BCUT2D eigenvalue weighted by Gasteiger charge is 2.26. The van der Waals surface area contributed by atoms with Gasteiger partial charge in [-0.3, -0.25) is 14.5 Å². The molecule has 1 fully saturated rings. The van der Waals surface area contributed by atoms with Crippen molar-refractivity contribution in [2.24, 2.45) is 11.7 Å². The summed E-state index contributed by atoms with van der Waals surface area (Å²) >= 11 is 0. The highest BCUT2D eigenvalue weighted by atomic mass is 35.5. The van der Waals surface area contributed by atoms with Gasteiger partial charge in [0.25, 0.3) is 0 Å². The monoisotopic (exact) mass is 384 g/mol. The van der Waals surface area contributed by atoms with Gasteiger partial charge in [0.05, 0.1) is 12.5 Å². The second-order valence-corrected chi connectivity index (χ2v) is 6.27. The van der Waals surface area contributed by atoms with Gasteiger partial charge in [0.15, 0.2) is 11.5 Å². The van der Waals surface area contributed by atoms with Crippen molar-refractivity contribution in [3.8, 4) is 11.5 Å². The zero-order chi connectivity index (χ0) is 17.6. The van der Waals surface area contributed by atoms with Crippen molar-refractivity contribution in [2.45, 2.75) is 12.8 Å². The lowest BCUT2D eigenvalue weighted by molar-refractivity contribution is -0.127. The molecule has 1 aromatic rings. The van der Waals surface area contributed by atoms with E-state index in [-0.39, 0.29) is 43.5 Å². The van der Waals surface area contributed by atoms with Crippen LogP contribution in [0.5, 0.6) is 11.5 Å². The maximum absolute atomic E-state index is 12.3. The molecule has 2 amide bonds. The Balaban J connectivity index is 0.00000243. The number of rotatable bonds is 6. The van der Waals surface area contributed by atoms with Gasteiger partial charge in [-0.1, -0.05) is 0 Å². The summed E-state index contributed by atoms with van der Waals surface area (Å²) in [6.07, 6.45) is 1.74.